The molecule has 1 aliphatic heterocycles. The van der Waals surface area contributed by atoms with Crippen molar-refractivity contribution in [1.82, 2.24) is 9.55 Å². The first-order valence-corrected chi connectivity index (χ1v) is 7.47. The summed E-state index contributed by atoms with van der Waals surface area (Å²) in [6.07, 6.45) is 0. The number of nitrogens with zero attached hydrogens (tertiary/aromatic N) is 2. The van der Waals surface area contributed by atoms with E-state index in [0.717, 1.165) is 40.2 Å². The van der Waals surface area contributed by atoms with Crippen molar-refractivity contribution >= 4 is 11.8 Å². The maximum atomic E-state index is 5.89. The molecule has 2 aromatic rings. The second kappa shape index (κ2) is 5.27. The van der Waals surface area contributed by atoms with Gasteiger partial charge in [-0.2, -0.15) is 0 Å². The SMILES string of the molecule is CCOc1ccc(-c2nc3n(c2CN)CCS3)cc1. The Kier molecular flexibility index (Phi) is 3.48. The topological polar surface area (TPSA) is 53.1 Å². The van der Waals surface area contributed by atoms with E-state index < -0.39 is 0 Å². The highest BCUT2D eigenvalue weighted by molar-refractivity contribution is 7.99. The molecule has 0 fully saturated rings. The molecule has 2 N–H and O–H groups in total. The fraction of sp³-hybridized carbons (Fsp3) is 0.357. The Morgan fingerprint density at radius 1 is 1.37 bits per heavy atom. The monoisotopic (exact) mass is 275 g/mol. The number of benzene rings is 1. The highest BCUT2D eigenvalue weighted by Crippen LogP contribution is 2.33. The fourth-order valence-corrected chi connectivity index (χ4v) is 3.32. The third kappa shape index (κ3) is 2.24. The van der Waals surface area contributed by atoms with Gasteiger partial charge in [-0.05, 0) is 31.2 Å². The van der Waals surface area contributed by atoms with Crippen molar-refractivity contribution in [2.24, 2.45) is 5.73 Å². The van der Waals surface area contributed by atoms with E-state index >= 15 is 0 Å². The average molecular weight is 275 g/mol. The van der Waals surface area contributed by atoms with Gasteiger partial charge in [0.2, 0.25) is 0 Å². The Balaban J connectivity index is 1.97. The molecule has 0 bridgehead atoms. The smallest absolute Gasteiger partial charge is 0.168 e. The van der Waals surface area contributed by atoms with E-state index in [2.05, 4.69) is 4.57 Å². The highest BCUT2D eigenvalue weighted by Gasteiger charge is 2.21. The molecule has 0 saturated carbocycles. The summed E-state index contributed by atoms with van der Waals surface area (Å²) >= 11 is 1.80. The number of hydrogen-bond acceptors (Lipinski definition) is 4. The predicted molar refractivity (Wildman–Crippen MR) is 77.4 cm³/mol. The largest absolute Gasteiger partial charge is 0.494 e. The summed E-state index contributed by atoms with van der Waals surface area (Å²) in [5.74, 6) is 1.99. The van der Waals surface area contributed by atoms with Gasteiger partial charge < -0.3 is 15.0 Å². The summed E-state index contributed by atoms with van der Waals surface area (Å²) in [4.78, 5) is 4.71. The van der Waals surface area contributed by atoms with Crippen LogP contribution in [0.3, 0.4) is 0 Å². The average Bonchev–Trinajstić information content (AvgIpc) is 3.00. The zero-order chi connectivity index (χ0) is 13.2. The molecule has 0 amide bonds. The maximum absolute atomic E-state index is 5.89. The first-order valence-electron chi connectivity index (χ1n) is 6.49. The van der Waals surface area contributed by atoms with Crippen LogP contribution in [0.1, 0.15) is 12.6 Å². The Labute approximate surface area is 117 Å². The molecule has 0 saturated heterocycles. The van der Waals surface area contributed by atoms with Gasteiger partial charge >= 0.3 is 0 Å². The minimum absolute atomic E-state index is 0.524. The van der Waals surface area contributed by atoms with Gasteiger partial charge in [-0.1, -0.05) is 11.8 Å². The molecule has 1 aliphatic rings. The van der Waals surface area contributed by atoms with Crippen molar-refractivity contribution < 1.29 is 4.74 Å². The summed E-state index contributed by atoms with van der Waals surface area (Å²) < 4.78 is 7.69. The number of nitrogens with two attached hydrogens (primary N) is 1. The molecule has 1 aromatic carbocycles. The van der Waals surface area contributed by atoms with Gasteiger partial charge in [0.15, 0.2) is 5.16 Å². The third-order valence-corrected chi connectivity index (χ3v) is 4.17. The predicted octanol–water partition coefficient (Wildman–Crippen LogP) is 2.51. The lowest BCUT2D eigenvalue weighted by molar-refractivity contribution is 0.340. The van der Waals surface area contributed by atoms with E-state index in [4.69, 9.17) is 15.5 Å². The van der Waals surface area contributed by atoms with Gasteiger partial charge in [0.1, 0.15) is 5.75 Å². The molecule has 0 unspecified atom stereocenters. The first kappa shape index (κ1) is 12.6. The number of imidazole rings is 1. The van der Waals surface area contributed by atoms with E-state index in [1.54, 1.807) is 11.8 Å². The van der Waals surface area contributed by atoms with Crippen LogP contribution in [0.25, 0.3) is 11.3 Å². The van der Waals surface area contributed by atoms with Crippen LogP contribution >= 0.6 is 11.8 Å². The first-order chi connectivity index (χ1) is 9.33. The summed E-state index contributed by atoms with van der Waals surface area (Å²) in [5, 5.41) is 1.09. The fourth-order valence-electron chi connectivity index (χ4n) is 2.35. The number of ether oxygens (including phenoxy) is 1. The Morgan fingerprint density at radius 3 is 2.84 bits per heavy atom. The summed E-state index contributed by atoms with van der Waals surface area (Å²) in [6.45, 7) is 4.20. The molecular formula is C14H17N3OS. The van der Waals surface area contributed by atoms with Crippen LogP contribution in [0.4, 0.5) is 0 Å². The zero-order valence-electron chi connectivity index (χ0n) is 10.9. The quantitative estimate of drug-likeness (QED) is 0.931. The molecule has 1 aromatic heterocycles. The summed E-state index contributed by atoms with van der Waals surface area (Å²) in [6, 6.07) is 8.06. The molecule has 3 rings (SSSR count). The Morgan fingerprint density at radius 2 is 2.16 bits per heavy atom. The van der Waals surface area contributed by atoms with Crippen LogP contribution in [0.5, 0.6) is 5.75 Å². The summed E-state index contributed by atoms with van der Waals surface area (Å²) in [5.41, 5.74) is 9.13. The van der Waals surface area contributed by atoms with Crippen LogP contribution in [-0.2, 0) is 13.1 Å². The second-order valence-corrected chi connectivity index (χ2v) is 5.41. The van der Waals surface area contributed by atoms with E-state index in [9.17, 15) is 0 Å². The Bertz CT molecular complexity index is 577. The minimum Gasteiger partial charge on any atom is -0.494 e. The van der Waals surface area contributed by atoms with Crippen LogP contribution in [-0.4, -0.2) is 21.9 Å². The van der Waals surface area contributed by atoms with Gasteiger partial charge in [0.25, 0.3) is 0 Å². The van der Waals surface area contributed by atoms with Crippen LogP contribution in [0, 0.1) is 0 Å². The van der Waals surface area contributed by atoms with Crippen molar-refractivity contribution in [2.45, 2.75) is 25.2 Å². The maximum Gasteiger partial charge on any atom is 0.168 e. The summed E-state index contributed by atoms with van der Waals surface area (Å²) in [7, 11) is 0. The van der Waals surface area contributed by atoms with Gasteiger partial charge in [-0.25, -0.2) is 4.98 Å². The van der Waals surface area contributed by atoms with E-state index in [1.807, 2.05) is 31.2 Å². The number of aromatic nitrogens is 2. The third-order valence-electron chi connectivity index (χ3n) is 3.22. The van der Waals surface area contributed by atoms with Gasteiger partial charge in [-0.3, -0.25) is 0 Å². The standard InChI is InChI=1S/C14H17N3OS/c1-2-18-11-5-3-10(4-6-11)13-12(9-15)17-7-8-19-14(17)16-13/h3-6H,2,7-9,15H2,1H3. The highest BCUT2D eigenvalue weighted by atomic mass is 32.2. The van der Waals surface area contributed by atoms with Crippen LogP contribution < -0.4 is 10.5 Å². The van der Waals surface area contributed by atoms with Crippen LogP contribution in [0.2, 0.25) is 0 Å². The molecule has 0 spiro atoms. The van der Waals surface area contributed by atoms with Gasteiger partial charge in [-0.15, -0.1) is 0 Å². The normalized spacial score (nSPS) is 13.6. The second-order valence-electron chi connectivity index (χ2n) is 4.35. The lowest BCUT2D eigenvalue weighted by Gasteiger charge is -2.06. The molecule has 0 radical (unpaired) electrons. The molecule has 100 valence electrons. The molecule has 0 aliphatic carbocycles. The van der Waals surface area contributed by atoms with Gasteiger partial charge in [0, 0.05) is 24.4 Å². The number of hydrogen-bond donors (Lipinski definition) is 1. The van der Waals surface area contributed by atoms with Gasteiger partial charge in [0.05, 0.1) is 18.0 Å². The van der Waals surface area contributed by atoms with Crippen molar-refractivity contribution in [3.05, 3.63) is 30.0 Å². The van der Waals surface area contributed by atoms with Crippen molar-refractivity contribution in [2.75, 3.05) is 12.4 Å². The molecule has 2 heterocycles. The van der Waals surface area contributed by atoms with Crippen molar-refractivity contribution in [1.29, 1.82) is 0 Å². The number of fused-ring (bicyclic) bond motifs is 1. The Hall–Kier alpha value is -1.46. The van der Waals surface area contributed by atoms with E-state index in [0.29, 0.717) is 13.2 Å². The lowest BCUT2D eigenvalue weighted by Crippen LogP contribution is -2.07. The lowest BCUT2D eigenvalue weighted by atomic mass is 10.1. The van der Waals surface area contributed by atoms with Crippen molar-refractivity contribution in [3.8, 4) is 17.0 Å². The molecule has 4 nitrogen and oxygen atoms in total. The van der Waals surface area contributed by atoms with Crippen molar-refractivity contribution in [3.63, 3.8) is 0 Å². The van der Waals surface area contributed by atoms with Crippen LogP contribution in [0.15, 0.2) is 29.4 Å². The minimum atomic E-state index is 0.524. The number of rotatable bonds is 4. The molecule has 0 atom stereocenters. The van der Waals surface area contributed by atoms with E-state index in [1.165, 1.54) is 0 Å². The van der Waals surface area contributed by atoms with E-state index in [-0.39, 0.29) is 0 Å². The molecular weight excluding hydrogens is 258 g/mol. The molecule has 19 heavy (non-hydrogen) atoms. The number of thioether (sulfide) groups is 1. The zero-order valence-corrected chi connectivity index (χ0v) is 11.7. The molecule has 5 heteroatoms.